The summed E-state index contributed by atoms with van der Waals surface area (Å²) >= 11 is 6.28. The summed E-state index contributed by atoms with van der Waals surface area (Å²) in [7, 11) is 0. The van der Waals surface area contributed by atoms with Gasteiger partial charge in [0.2, 0.25) is 0 Å². The average Bonchev–Trinajstić information content (AvgIpc) is 2.95. The molecule has 0 bridgehead atoms. The van der Waals surface area contributed by atoms with Crippen LogP contribution in [0, 0.1) is 0 Å². The van der Waals surface area contributed by atoms with Gasteiger partial charge < -0.3 is 4.74 Å². The van der Waals surface area contributed by atoms with Crippen LogP contribution < -0.4 is 0 Å². The maximum atomic E-state index is 12.2. The molecular weight excluding hydrogens is 290 g/mol. The Labute approximate surface area is 125 Å². The molecule has 2 aromatic heterocycles. The number of halogens is 1. The summed E-state index contributed by atoms with van der Waals surface area (Å²) in [6.45, 7) is 2.06. The second kappa shape index (κ2) is 5.54. The fourth-order valence-electron chi connectivity index (χ4n) is 2.22. The Hall–Kier alpha value is -2.40. The second-order valence-electron chi connectivity index (χ2n) is 4.38. The van der Waals surface area contributed by atoms with Crippen LogP contribution in [0.15, 0.2) is 36.7 Å². The number of nitrogens with one attached hydrogen (secondary N) is 1. The molecule has 0 aliphatic heterocycles. The number of H-pyrrole nitrogens is 1. The highest BCUT2D eigenvalue weighted by Crippen LogP contribution is 2.35. The minimum absolute atomic E-state index is 0.296. The fourth-order valence-corrected chi connectivity index (χ4v) is 2.45. The van der Waals surface area contributed by atoms with Crippen LogP contribution in [0.5, 0.6) is 0 Å². The van der Waals surface area contributed by atoms with Crippen molar-refractivity contribution in [3.8, 4) is 11.1 Å². The van der Waals surface area contributed by atoms with Gasteiger partial charge in [-0.25, -0.2) is 9.78 Å². The SMILES string of the molecule is CCOC(=O)c1cnc2[nH]ncc2c1-c1ccccc1Cl. The van der Waals surface area contributed by atoms with Gasteiger partial charge in [0, 0.05) is 27.7 Å². The monoisotopic (exact) mass is 301 g/mol. The van der Waals surface area contributed by atoms with Gasteiger partial charge in [0.1, 0.15) is 0 Å². The van der Waals surface area contributed by atoms with Crippen molar-refractivity contribution in [3.05, 3.63) is 47.2 Å². The largest absolute Gasteiger partial charge is 0.462 e. The summed E-state index contributed by atoms with van der Waals surface area (Å²) < 4.78 is 5.10. The normalized spacial score (nSPS) is 10.8. The van der Waals surface area contributed by atoms with Crippen LogP contribution in [-0.2, 0) is 4.74 Å². The number of ether oxygens (including phenoxy) is 1. The lowest BCUT2D eigenvalue weighted by Gasteiger charge is -2.11. The number of carbonyl (C=O) groups excluding carboxylic acids is 1. The van der Waals surface area contributed by atoms with E-state index in [0.29, 0.717) is 28.4 Å². The minimum Gasteiger partial charge on any atom is -0.462 e. The lowest BCUT2D eigenvalue weighted by molar-refractivity contribution is 0.0527. The molecule has 0 saturated heterocycles. The molecule has 2 heterocycles. The van der Waals surface area contributed by atoms with Gasteiger partial charge in [-0.05, 0) is 13.0 Å². The van der Waals surface area contributed by atoms with Crippen LogP contribution in [0.25, 0.3) is 22.2 Å². The van der Waals surface area contributed by atoms with Crippen LogP contribution in [-0.4, -0.2) is 27.8 Å². The molecule has 0 unspecified atom stereocenters. The smallest absolute Gasteiger partial charge is 0.340 e. The first-order valence-corrected chi connectivity index (χ1v) is 6.84. The Kier molecular flexibility index (Phi) is 3.58. The van der Waals surface area contributed by atoms with Crippen LogP contribution in [0.2, 0.25) is 5.02 Å². The third-order valence-corrected chi connectivity index (χ3v) is 3.45. The molecule has 3 aromatic rings. The molecule has 3 rings (SSSR count). The van der Waals surface area contributed by atoms with E-state index in [1.165, 1.54) is 6.20 Å². The predicted octanol–water partition coefficient (Wildman–Crippen LogP) is 3.46. The van der Waals surface area contributed by atoms with Gasteiger partial charge in [0.15, 0.2) is 5.65 Å². The minimum atomic E-state index is -0.428. The number of pyridine rings is 1. The second-order valence-corrected chi connectivity index (χ2v) is 4.79. The van der Waals surface area contributed by atoms with Gasteiger partial charge >= 0.3 is 5.97 Å². The van der Waals surface area contributed by atoms with E-state index in [1.807, 2.05) is 18.2 Å². The molecule has 1 N–H and O–H groups in total. The Morgan fingerprint density at radius 3 is 2.90 bits per heavy atom. The summed E-state index contributed by atoms with van der Waals surface area (Å²) in [5, 5.41) is 8.05. The number of fused-ring (bicyclic) bond motifs is 1. The van der Waals surface area contributed by atoms with E-state index in [4.69, 9.17) is 16.3 Å². The third kappa shape index (κ3) is 2.36. The van der Waals surface area contributed by atoms with E-state index in [1.54, 1.807) is 19.2 Å². The fraction of sp³-hybridized carbons (Fsp3) is 0.133. The summed E-state index contributed by atoms with van der Waals surface area (Å²) in [4.78, 5) is 16.4. The van der Waals surface area contributed by atoms with E-state index >= 15 is 0 Å². The third-order valence-electron chi connectivity index (χ3n) is 3.12. The van der Waals surface area contributed by atoms with Crippen LogP contribution in [0.3, 0.4) is 0 Å². The Morgan fingerprint density at radius 1 is 1.33 bits per heavy atom. The molecule has 106 valence electrons. The molecule has 1 aromatic carbocycles. The number of aromatic amines is 1. The highest BCUT2D eigenvalue weighted by atomic mass is 35.5. The summed E-state index contributed by atoms with van der Waals surface area (Å²) in [6.07, 6.45) is 3.11. The summed E-state index contributed by atoms with van der Waals surface area (Å²) in [5.41, 5.74) is 2.39. The molecule has 0 saturated carbocycles. The molecule has 5 nitrogen and oxygen atoms in total. The van der Waals surface area contributed by atoms with Crippen molar-refractivity contribution in [2.45, 2.75) is 6.92 Å². The Morgan fingerprint density at radius 2 is 2.14 bits per heavy atom. The predicted molar refractivity (Wildman–Crippen MR) is 80.3 cm³/mol. The molecule has 0 aliphatic rings. The number of benzene rings is 1. The molecule has 0 radical (unpaired) electrons. The van der Waals surface area contributed by atoms with E-state index < -0.39 is 5.97 Å². The standard InChI is InChI=1S/C15H12ClN3O2/c1-2-21-15(20)11-7-17-14-10(8-18-19-14)13(11)9-5-3-4-6-12(9)16/h3-8H,2H2,1H3,(H,17,18,19). The van der Waals surface area contributed by atoms with Crippen LogP contribution in [0.4, 0.5) is 0 Å². The van der Waals surface area contributed by atoms with Crippen molar-refractivity contribution in [2.24, 2.45) is 0 Å². The van der Waals surface area contributed by atoms with Gasteiger partial charge in [0.25, 0.3) is 0 Å². The van der Waals surface area contributed by atoms with E-state index in [9.17, 15) is 4.79 Å². The lowest BCUT2D eigenvalue weighted by Crippen LogP contribution is -2.07. The first kappa shape index (κ1) is 13.6. The number of nitrogens with zero attached hydrogens (tertiary/aromatic N) is 2. The Balaban J connectivity index is 2.32. The van der Waals surface area contributed by atoms with Gasteiger partial charge in [-0.15, -0.1) is 0 Å². The number of esters is 1. The first-order valence-electron chi connectivity index (χ1n) is 6.46. The molecule has 0 amide bonds. The van der Waals surface area contributed by atoms with Gasteiger partial charge in [0.05, 0.1) is 18.4 Å². The van der Waals surface area contributed by atoms with Gasteiger partial charge in [-0.2, -0.15) is 5.10 Å². The molecular formula is C15H12ClN3O2. The number of hydrogen-bond donors (Lipinski definition) is 1. The highest BCUT2D eigenvalue weighted by molar-refractivity contribution is 6.34. The van der Waals surface area contributed by atoms with Crippen LogP contribution >= 0.6 is 11.6 Å². The van der Waals surface area contributed by atoms with Crippen molar-refractivity contribution >= 4 is 28.6 Å². The maximum absolute atomic E-state index is 12.2. The van der Waals surface area contributed by atoms with Crippen molar-refractivity contribution < 1.29 is 9.53 Å². The van der Waals surface area contributed by atoms with Gasteiger partial charge in [-0.3, -0.25) is 5.10 Å². The maximum Gasteiger partial charge on any atom is 0.340 e. The van der Waals surface area contributed by atoms with Gasteiger partial charge in [-0.1, -0.05) is 29.8 Å². The number of hydrogen-bond acceptors (Lipinski definition) is 4. The molecule has 6 heteroatoms. The lowest BCUT2D eigenvalue weighted by atomic mass is 9.98. The first-order chi connectivity index (χ1) is 10.2. The van der Waals surface area contributed by atoms with Crippen molar-refractivity contribution in [3.63, 3.8) is 0 Å². The summed E-state index contributed by atoms with van der Waals surface area (Å²) in [6, 6.07) is 7.33. The molecule has 0 atom stereocenters. The zero-order valence-electron chi connectivity index (χ0n) is 11.3. The zero-order valence-corrected chi connectivity index (χ0v) is 12.0. The van der Waals surface area contributed by atoms with E-state index in [-0.39, 0.29) is 0 Å². The number of aromatic nitrogens is 3. The average molecular weight is 302 g/mol. The topological polar surface area (TPSA) is 67.9 Å². The Bertz CT molecular complexity index is 814. The van der Waals surface area contributed by atoms with Crippen molar-refractivity contribution in [1.82, 2.24) is 15.2 Å². The quantitative estimate of drug-likeness (QED) is 0.752. The molecule has 21 heavy (non-hydrogen) atoms. The van der Waals surface area contributed by atoms with Crippen LogP contribution in [0.1, 0.15) is 17.3 Å². The molecule has 0 spiro atoms. The summed E-state index contributed by atoms with van der Waals surface area (Å²) in [5.74, 6) is -0.428. The number of rotatable bonds is 3. The zero-order chi connectivity index (χ0) is 14.8. The molecule has 0 fully saturated rings. The number of carbonyl (C=O) groups is 1. The van der Waals surface area contributed by atoms with Crippen molar-refractivity contribution in [1.29, 1.82) is 0 Å². The van der Waals surface area contributed by atoms with E-state index in [0.717, 1.165) is 10.9 Å². The highest BCUT2D eigenvalue weighted by Gasteiger charge is 2.20. The molecule has 0 aliphatic carbocycles. The van der Waals surface area contributed by atoms with E-state index in [2.05, 4.69) is 15.2 Å². The van der Waals surface area contributed by atoms with Crippen molar-refractivity contribution in [2.75, 3.05) is 6.61 Å².